The zero-order chi connectivity index (χ0) is 22.1. The van der Waals surface area contributed by atoms with Crippen molar-refractivity contribution in [2.75, 3.05) is 32.8 Å². The molecular weight excluding hydrogens is 433 g/mol. The minimum atomic E-state index is -0.256. The SMILES string of the molecule is CCOC(=O)/C=C/C1CCN(CCOC(c2ccc(Cl)cc2)c2ccc(Cl)cc2)CC1. The molecule has 4 nitrogen and oxygen atoms in total. The van der Waals surface area contributed by atoms with E-state index in [0.29, 0.717) is 29.2 Å². The number of benzene rings is 2. The van der Waals surface area contributed by atoms with Gasteiger partial charge >= 0.3 is 5.97 Å². The number of hydrogen-bond acceptors (Lipinski definition) is 4. The van der Waals surface area contributed by atoms with Crippen LogP contribution in [0.15, 0.2) is 60.7 Å². The van der Waals surface area contributed by atoms with Crippen molar-refractivity contribution in [3.05, 3.63) is 81.9 Å². The van der Waals surface area contributed by atoms with Crippen LogP contribution >= 0.6 is 23.2 Å². The highest BCUT2D eigenvalue weighted by molar-refractivity contribution is 6.30. The van der Waals surface area contributed by atoms with Gasteiger partial charge < -0.3 is 14.4 Å². The Balaban J connectivity index is 1.51. The van der Waals surface area contributed by atoms with Gasteiger partial charge in [-0.15, -0.1) is 0 Å². The summed E-state index contributed by atoms with van der Waals surface area (Å²) in [5.41, 5.74) is 2.13. The van der Waals surface area contributed by atoms with Gasteiger partial charge in [0.15, 0.2) is 0 Å². The van der Waals surface area contributed by atoms with Gasteiger partial charge in [-0.1, -0.05) is 53.5 Å². The predicted octanol–water partition coefficient (Wildman–Crippen LogP) is 5.93. The largest absolute Gasteiger partial charge is 0.463 e. The van der Waals surface area contributed by atoms with E-state index in [4.69, 9.17) is 32.7 Å². The summed E-state index contributed by atoms with van der Waals surface area (Å²) in [4.78, 5) is 13.9. The van der Waals surface area contributed by atoms with Gasteiger partial charge in [0.25, 0.3) is 0 Å². The van der Waals surface area contributed by atoms with Gasteiger partial charge in [-0.25, -0.2) is 4.79 Å². The topological polar surface area (TPSA) is 38.8 Å². The Kier molecular flexibility index (Phi) is 9.41. The molecule has 0 bridgehead atoms. The summed E-state index contributed by atoms with van der Waals surface area (Å²) in [5, 5.41) is 1.41. The van der Waals surface area contributed by atoms with E-state index in [1.807, 2.05) is 61.5 Å². The molecule has 0 radical (unpaired) electrons. The van der Waals surface area contributed by atoms with Gasteiger partial charge in [0, 0.05) is 22.7 Å². The van der Waals surface area contributed by atoms with Gasteiger partial charge in [0.1, 0.15) is 6.10 Å². The predicted molar refractivity (Wildman–Crippen MR) is 126 cm³/mol. The molecule has 0 aromatic heterocycles. The van der Waals surface area contributed by atoms with E-state index in [1.54, 1.807) is 6.08 Å². The Bertz CT molecular complexity index is 799. The third-order valence-electron chi connectivity index (χ3n) is 5.46. The molecule has 0 unspecified atom stereocenters. The van der Waals surface area contributed by atoms with Crippen LogP contribution in [0.25, 0.3) is 0 Å². The van der Waals surface area contributed by atoms with Crippen molar-refractivity contribution < 1.29 is 14.3 Å². The van der Waals surface area contributed by atoms with Crippen molar-refractivity contribution >= 4 is 29.2 Å². The monoisotopic (exact) mass is 461 g/mol. The Labute approximate surface area is 194 Å². The summed E-state index contributed by atoms with van der Waals surface area (Å²) in [6.45, 7) is 5.71. The standard InChI is InChI=1S/C25H29Cl2NO3/c1-2-30-24(29)12-3-19-13-15-28(16-14-19)17-18-31-25(20-4-8-22(26)9-5-20)21-6-10-23(27)11-7-21/h3-12,19,25H,2,13-18H2,1H3/b12-3+. The minimum absolute atomic E-state index is 0.167. The molecule has 1 heterocycles. The van der Waals surface area contributed by atoms with E-state index in [0.717, 1.165) is 43.6 Å². The number of rotatable bonds is 9. The van der Waals surface area contributed by atoms with Gasteiger partial charge in [0.2, 0.25) is 0 Å². The van der Waals surface area contributed by atoms with Gasteiger partial charge in [-0.3, -0.25) is 0 Å². The normalized spacial score (nSPS) is 15.6. The second-order valence-corrected chi connectivity index (χ2v) is 8.52. The first-order valence-electron chi connectivity index (χ1n) is 10.7. The number of likely N-dealkylation sites (tertiary alicyclic amines) is 1. The number of piperidine rings is 1. The fourth-order valence-electron chi connectivity index (χ4n) is 3.73. The molecule has 1 saturated heterocycles. The summed E-state index contributed by atoms with van der Waals surface area (Å²) in [6, 6.07) is 15.6. The van der Waals surface area contributed by atoms with Crippen LogP contribution in [-0.2, 0) is 14.3 Å². The highest BCUT2D eigenvalue weighted by atomic mass is 35.5. The van der Waals surface area contributed by atoms with Crippen LogP contribution in [0.1, 0.15) is 37.0 Å². The fraction of sp³-hybridized carbons (Fsp3) is 0.400. The lowest BCUT2D eigenvalue weighted by Crippen LogP contribution is -2.35. The highest BCUT2D eigenvalue weighted by Gasteiger charge is 2.19. The van der Waals surface area contributed by atoms with Crippen molar-refractivity contribution in [3.8, 4) is 0 Å². The molecular formula is C25H29Cl2NO3. The fourth-order valence-corrected chi connectivity index (χ4v) is 3.99. The maximum absolute atomic E-state index is 11.5. The number of nitrogens with zero attached hydrogens (tertiary/aromatic N) is 1. The molecule has 0 saturated carbocycles. The number of carbonyl (C=O) groups is 1. The molecule has 1 aliphatic heterocycles. The minimum Gasteiger partial charge on any atom is -0.463 e. The van der Waals surface area contributed by atoms with E-state index < -0.39 is 0 Å². The molecule has 2 aromatic rings. The average molecular weight is 462 g/mol. The van der Waals surface area contributed by atoms with Crippen LogP contribution < -0.4 is 0 Å². The van der Waals surface area contributed by atoms with Gasteiger partial charge in [-0.05, 0) is 74.2 Å². The maximum atomic E-state index is 11.5. The second-order valence-electron chi connectivity index (χ2n) is 7.64. The lowest BCUT2D eigenvalue weighted by molar-refractivity contribution is -0.137. The van der Waals surface area contributed by atoms with E-state index in [1.165, 1.54) is 0 Å². The van der Waals surface area contributed by atoms with Crippen molar-refractivity contribution in [3.63, 3.8) is 0 Å². The molecule has 1 fully saturated rings. The summed E-state index contributed by atoms with van der Waals surface area (Å²) in [5.74, 6) is 0.172. The smallest absolute Gasteiger partial charge is 0.330 e. The number of esters is 1. The maximum Gasteiger partial charge on any atom is 0.330 e. The molecule has 0 N–H and O–H groups in total. The van der Waals surface area contributed by atoms with E-state index in [9.17, 15) is 4.79 Å². The lowest BCUT2D eigenvalue weighted by atomic mass is 9.96. The summed E-state index contributed by atoms with van der Waals surface area (Å²) in [6.07, 6.45) is 5.46. The molecule has 1 aliphatic rings. The lowest BCUT2D eigenvalue weighted by Gasteiger charge is -2.31. The molecule has 3 rings (SSSR count). The number of halogens is 2. The molecule has 0 aliphatic carbocycles. The van der Waals surface area contributed by atoms with E-state index in [-0.39, 0.29) is 12.1 Å². The average Bonchev–Trinajstić information content (AvgIpc) is 2.78. The van der Waals surface area contributed by atoms with Gasteiger partial charge in [-0.2, -0.15) is 0 Å². The van der Waals surface area contributed by atoms with E-state index in [2.05, 4.69) is 4.90 Å². The van der Waals surface area contributed by atoms with Crippen LogP contribution in [0.4, 0.5) is 0 Å². The van der Waals surface area contributed by atoms with Crippen molar-refractivity contribution in [2.24, 2.45) is 5.92 Å². The first-order valence-corrected chi connectivity index (χ1v) is 11.5. The van der Waals surface area contributed by atoms with Crippen LogP contribution in [0.5, 0.6) is 0 Å². The van der Waals surface area contributed by atoms with Crippen LogP contribution in [-0.4, -0.2) is 43.7 Å². The first-order chi connectivity index (χ1) is 15.0. The Morgan fingerprint density at radius 2 is 1.58 bits per heavy atom. The molecule has 2 aromatic carbocycles. The van der Waals surface area contributed by atoms with Crippen LogP contribution in [0.2, 0.25) is 10.0 Å². The second kappa shape index (κ2) is 12.3. The van der Waals surface area contributed by atoms with E-state index >= 15 is 0 Å². The summed E-state index contributed by atoms with van der Waals surface area (Å²) < 4.78 is 11.3. The molecule has 0 atom stereocenters. The van der Waals surface area contributed by atoms with Gasteiger partial charge in [0.05, 0.1) is 13.2 Å². The first kappa shape index (κ1) is 23.8. The molecule has 166 valence electrons. The third-order valence-corrected chi connectivity index (χ3v) is 5.96. The highest BCUT2D eigenvalue weighted by Crippen LogP contribution is 2.28. The summed E-state index contributed by atoms with van der Waals surface area (Å²) in [7, 11) is 0. The molecule has 0 amide bonds. The number of allylic oxidation sites excluding steroid dienone is 1. The number of carbonyl (C=O) groups excluding carboxylic acids is 1. The number of ether oxygens (including phenoxy) is 2. The van der Waals surface area contributed by atoms with Crippen molar-refractivity contribution in [1.82, 2.24) is 4.90 Å². The summed E-state index contributed by atoms with van der Waals surface area (Å²) >= 11 is 12.1. The molecule has 0 spiro atoms. The zero-order valence-corrected chi connectivity index (χ0v) is 19.3. The Morgan fingerprint density at radius 3 is 2.10 bits per heavy atom. The van der Waals surface area contributed by atoms with Crippen LogP contribution in [0, 0.1) is 5.92 Å². The molecule has 6 heteroatoms. The van der Waals surface area contributed by atoms with Crippen molar-refractivity contribution in [1.29, 1.82) is 0 Å². The molecule has 31 heavy (non-hydrogen) atoms. The quantitative estimate of drug-likeness (QED) is 0.342. The van der Waals surface area contributed by atoms with Crippen molar-refractivity contribution in [2.45, 2.75) is 25.9 Å². The van der Waals surface area contributed by atoms with Crippen LogP contribution in [0.3, 0.4) is 0 Å². The number of hydrogen-bond donors (Lipinski definition) is 0. The Morgan fingerprint density at radius 1 is 1.03 bits per heavy atom. The third kappa shape index (κ3) is 7.65. The Hall–Kier alpha value is -1.85. The zero-order valence-electron chi connectivity index (χ0n) is 17.8.